The molecule has 38 heavy (non-hydrogen) atoms. The fourth-order valence-corrected chi connectivity index (χ4v) is 7.21. The molecule has 2 spiro atoms. The number of benzene rings is 1. The lowest BCUT2D eigenvalue weighted by molar-refractivity contribution is 0.350. The molecule has 3 aromatic rings. The summed E-state index contributed by atoms with van der Waals surface area (Å²) in [6.07, 6.45) is 8.93. The van der Waals surface area contributed by atoms with Crippen molar-refractivity contribution in [3.05, 3.63) is 53.0 Å². The molecule has 0 bridgehead atoms. The van der Waals surface area contributed by atoms with Crippen LogP contribution in [0.5, 0.6) is 11.5 Å². The summed E-state index contributed by atoms with van der Waals surface area (Å²) in [6.45, 7) is 4.52. The van der Waals surface area contributed by atoms with Crippen LogP contribution in [0.3, 0.4) is 0 Å². The van der Waals surface area contributed by atoms with Crippen LogP contribution in [0.1, 0.15) is 55.0 Å². The van der Waals surface area contributed by atoms with Crippen molar-refractivity contribution in [3.8, 4) is 22.8 Å². The molecule has 4 aliphatic rings. The maximum absolute atomic E-state index is 15.6. The van der Waals surface area contributed by atoms with Crippen molar-refractivity contribution < 1.29 is 18.3 Å². The van der Waals surface area contributed by atoms with Crippen LogP contribution < -0.4 is 14.4 Å². The number of likely N-dealkylation sites (N-methyl/N-ethyl adjacent to an activating group) is 1. The van der Waals surface area contributed by atoms with E-state index in [1.807, 2.05) is 18.0 Å². The Kier molecular flexibility index (Phi) is 5.12. The molecule has 0 radical (unpaired) electrons. The number of hydrogen-bond donors (Lipinski definition) is 0. The predicted octanol–water partition coefficient (Wildman–Crippen LogP) is 5.01. The average Bonchev–Trinajstić information content (AvgIpc) is 3.80. The Hall–Kier alpha value is -3.20. The van der Waals surface area contributed by atoms with Crippen LogP contribution in [0.4, 0.5) is 14.5 Å². The summed E-state index contributed by atoms with van der Waals surface area (Å²) in [4.78, 5) is 9.13. The molecule has 0 N–H and O–H groups in total. The molecule has 1 unspecified atom stereocenters. The van der Waals surface area contributed by atoms with E-state index in [0.717, 1.165) is 67.7 Å². The first-order valence-corrected chi connectivity index (χ1v) is 13.4. The summed E-state index contributed by atoms with van der Waals surface area (Å²) in [7, 11) is 4.93. The van der Waals surface area contributed by atoms with Gasteiger partial charge in [-0.3, -0.25) is 9.67 Å². The minimum atomic E-state index is -0.679. The van der Waals surface area contributed by atoms with Gasteiger partial charge in [-0.1, -0.05) is 0 Å². The topological polar surface area (TPSA) is 55.7 Å². The molecule has 1 saturated heterocycles. The number of methoxy groups -OCH3 is 2. The number of rotatable bonds is 5. The van der Waals surface area contributed by atoms with Crippen LogP contribution in [0, 0.1) is 18.6 Å². The second-order valence-electron chi connectivity index (χ2n) is 11.5. The summed E-state index contributed by atoms with van der Waals surface area (Å²) in [5.41, 5.74) is 4.75. The van der Waals surface area contributed by atoms with Crippen molar-refractivity contribution in [1.29, 1.82) is 0 Å². The maximum Gasteiger partial charge on any atom is 0.191 e. The standard InChI is InChI=1S/C29H33F2N5O2/c1-17-20(16-36(33-17)19-5-10-34(2)15-19)22-11-21-18(13-32-22)14-35(29(8-9-29)28(21)6-7-28)27-25(30)23(37-3)12-24(38-4)26(27)31/h11-13,16,19H,5-10,14-15H2,1-4H3. The Morgan fingerprint density at radius 3 is 2.32 bits per heavy atom. The first-order chi connectivity index (χ1) is 18.3. The highest BCUT2D eigenvalue weighted by atomic mass is 19.1. The molecule has 0 amide bonds. The molecule has 1 aromatic carbocycles. The molecule has 1 atom stereocenters. The molecule has 3 fully saturated rings. The highest BCUT2D eigenvalue weighted by Gasteiger charge is 2.71. The van der Waals surface area contributed by atoms with Crippen molar-refractivity contribution in [1.82, 2.24) is 19.7 Å². The van der Waals surface area contributed by atoms with Gasteiger partial charge in [0, 0.05) is 42.5 Å². The van der Waals surface area contributed by atoms with Crippen LogP contribution in [0.15, 0.2) is 24.5 Å². The second-order valence-corrected chi connectivity index (χ2v) is 11.5. The number of hydrogen-bond acceptors (Lipinski definition) is 6. The normalized spacial score (nSPS) is 22.7. The molecule has 2 saturated carbocycles. The van der Waals surface area contributed by atoms with Gasteiger partial charge in [-0.2, -0.15) is 5.10 Å². The SMILES string of the molecule is COc1cc(OC)c(F)c(N2Cc3cnc(-c4cn(C5CCN(C)C5)nc4C)cc3C3(CC3)C23CC3)c1F. The third-order valence-electron chi connectivity index (χ3n) is 9.47. The number of aromatic nitrogens is 3. The lowest BCUT2D eigenvalue weighted by Crippen LogP contribution is -2.51. The number of anilines is 1. The Labute approximate surface area is 221 Å². The molecular formula is C29H33F2N5O2. The lowest BCUT2D eigenvalue weighted by Gasteiger charge is -2.46. The van der Waals surface area contributed by atoms with Crippen LogP contribution in [-0.4, -0.2) is 59.6 Å². The van der Waals surface area contributed by atoms with Crippen LogP contribution in [0.25, 0.3) is 11.3 Å². The summed E-state index contributed by atoms with van der Waals surface area (Å²) < 4.78 is 43.9. The number of ether oxygens (including phenoxy) is 2. The molecule has 2 aliphatic carbocycles. The van der Waals surface area contributed by atoms with E-state index in [1.165, 1.54) is 25.8 Å². The van der Waals surface area contributed by atoms with Gasteiger partial charge in [0.25, 0.3) is 0 Å². The molecule has 2 aliphatic heterocycles. The first kappa shape index (κ1) is 23.9. The van der Waals surface area contributed by atoms with Crippen molar-refractivity contribution in [2.24, 2.45) is 0 Å². The van der Waals surface area contributed by atoms with Gasteiger partial charge in [0.05, 0.1) is 37.2 Å². The van der Waals surface area contributed by atoms with Gasteiger partial charge in [-0.25, -0.2) is 8.78 Å². The molecule has 7 rings (SSSR count). The number of fused-ring (bicyclic) bond motifs is 3. The quantitative estimate of drug-likeness (QED) is 0.471. The van der Waals surface area contributed by atoms with E-state index in [9.17, 15) is 0 Å². The summed E-state index contributed by atoms with van der Waals surface area (Å²) in [5.74, 6) is -1.39. The van der Waals surface area contributed by atoms with Crippen LogP contribution in [0.2, 0.25) is 0 Å². The third-order valence-corrected chi connectivity index (χ3v) is 9.47. The monoisotopic (exact) mass is 521 g/mol. The molecule has 4 heterocycles. The van der Waals surface area contributed by atoms with Gasteiger partial charge < -0.3 is 19.3 Å². The zero-order valence-electron chi connectivity index (χ0n) is 22.4. The maximum atomic E-state index is 15.6. The Bertz CT molecular complexity index is 1420. The first-order valence-electron chi connectivity index (χ1n) is 13.4. The fourth-order valence-electron chi connectivity index (χ4n) is 7.21. The summed E-state index contributed by atoms with van der Waals surface area (Å²) >= 11 is 0. The number of nitrogens with zero attached hydrogens (tertiary/aromatic N) is 5. The molecule has 200 valence electrons. The van der Waals surface area contributed by atoms with E-state index in [-0.39, 0.29) is 28.1 Å². The van der Waals surface area contributed by atoms with Crippen molar-refractivity contribution >= 4 is 5.69 Å². The van der Waals surface area contributed by atoms with E-state index in [1.54, 1.807) is 0 Å². The highest BCUT2D eigenvalue weighted by molar-refractivity contribution is 5.69. The Morgan fingerprint density at radius 1 is 1.03 bits per heavy atom. The van der Waals surface area contributed by atoms with E-state index in [2.05, 4.69) is 28.9 Å². The van der Waals surface area contributed by atoms with E-state index in [4.69, 9.17) is 19.6 Å². The number of aryl methyl sites for hydroxylation is 1. The number of likely N-dealkylation sites (tertiary alicyclic amines) is 1. The molecule has 2 aromatic heterocycles. The molecular weight excluding hydrogens is 488 g/mol. The lowest BCUT2D eigenvalue weighted by atomic mass is 9.78. The minimum absolute atomic E-state index is 0.0147. The Morgan fingerprint density at radius 2 is 1.74 bits per heavy atom. The third kappa shape index (κ3) is 3.20. The van der Waals surface area contributed by atoms with Gasteiger partial charge in [0.15, 0.2) is 23.1 Å². The van der Waals surface area contributed by atoms with Crippen molar-refractivity contribution in [2.75, 3.05) is 39.3 Å². The van der Waals surface area contributed by atoms with Gasteiger partial charge in [0.2, 0.25) is 0 Å². The zero-order valence-corrected chi connectivity index (χ0v) is 22.4. The molecule has 9 heteroatoms. The van der Waals surface area contributed by atoms with Gasteiger partial charge in [0.1, 0.15) is 5.69 Å². The van der Waals surface area contributed by atoms with E-state index >= 15 is 8.78 Å². The fraction of sp³-hybridized carbons (Fsp3) is 0.517. The molecule has 7 nitrogen and oxygen atoms in total. The largest absolute Gasteiger partial charge is 0.493 e. The van der Waals surface area contributed by atoms with E-state index in [0.29, 0.717) is 12.6 Å². The smallest absolute Gasteiger partial charge is 0.191 e. The minimum Gasteiger partial charge on any atom is -0.493 e. The van der Waals surface area contributed by atoms with Crippen molar-refractivity contribution in [3.63, 3.8) is 0 Å². The van der Waals surface area contributed by atoms with Crippen molar-refractivity contribution in [2.45, 2.75) is 62.6 Å². The highest BCUT2D eigenvalue weighted by Crippen LogP contribution is 2.71. The number of pyridine rings is 1. The average molecular weight is 522 g/mol. The van der Waals surface area contributed by atoms with Gasteiger partial charge >= 0.3 is 0 Å². The summed E-state index contributed by atoms with van der Waals surface area (Å²) in [6, 6.07) is 3.89. The summed E-state index contributed by atoms with van der Waals surface area (Å²) in [5, 5.41) is 4.85. The zero-order chi connectivity index (χ0) is 26.4. The van der Waals surface area contributed by atoms with Crippen LogP contribution >= 0.6 is 0 Å². The predicted molar refractivity (Wildman–Crippen MR) is 140 cm³/mol. The van der Waals surface area contributed by atoms with Gasteiger partial charge in [-0.15, -0.1) is 0 Å². The number of halogens is 2. The van der Waals surface area contributed by atoms with Gasteiger partial charge in [-0.05, 0) is 69.8 Å². The van der Waals surface area contributed by atoms with E-state index < -0.39 is 11.6 Å². The second kappa shape index (κ2) is 8.15. The van der Waals surface area contributed by atoms with Crippen LogP contribution in [-0.2, 0) is 12.0 Å². The Balaban J connectivity index is 1.31.